The highest BCUT2D eigenvalue weighted by atomic mass is 19.1. The Morgan fingerprint density at radius 2 is 1.79 bits per heavy atom. The largest absolute Gasteiger partial charge is 0.508 e. The van der Waals surface area contributed by atoms with E-state index in [1.165, 1.54) is 0 Å². The van der Waals surface area contributed by atoms with Gasteiger partial charge >= 0.3 is 6.01 Å². The number of benzene rings is 3. The highest BCUT2D eigenvalue weighted by molar-refractivity contribution is 6.01. The lowest BCUT2D eigenvalue weighted by Crippen LogP contribution is -2.51. The van der Waals surface area contributed by atoms with Gasteiger partial charge in [-0.25, -0.2) is 4.39 Å². The molecule has 3 N–H and O–H groups in total. The first-order chi connectivity index (χ1) is 18.5. The number of anilines is 1. The number of rotatable bonds is 6. The second kappa shape index (κ2) is 9.06. The predicted molar refractivity (Wildman–Crippen MR) is 145 cm³/mol. The molecular formula is C30H31FN4O3. The fraction of sp³-hybridized carbons (Fsp3) is 0.400. The van der Waals surface area contributed by atoms with Gasteiger partial charge in [-0.2, -0.15) is 9.97 Å². The monoisotopic (exact) mass is 514 g/mol. The lowest BCUT2D eigenvalue weighted by molar-refractivity contribution is -0.00263. The predicted octanol–water partition coefficient (Wildman–Crippen LogP) is 4.78. The summed E-state index contributed by atoms with van der Waals surface area (Å²) in [4.78, 5) is 11.6. The van der Waals surface area contributed by atoms with Gasteiger partial charge in [0.1, 0.15) is 17.1 Å². The number of phenols is 1. The van der Waals surface area contributed by atoms with Crippen molar-refractivity contribution in [1.82, 2.24) is 15.3 Å². The summed E-state index contributed by atoms with van der Waals surface area (Å²) in [6.45, 7) is 1.95. The average Bonchev–Trinajstić information content (AvgIpc) is 3.25. The van der Waals surface area contributed by atoms with E-state index < -0.39 is 5.82 Å². The molecule has 2 unspecified atom stereocenters. The number of fused-ring (bicyclic) bond motifs is 4. The highest BCUT2D eigenvalue weighted by Gasteiger charge is 2.38. The van der Waals surface area contributed by atoms with E-state index in [4.69, 9.17) is 9.72 Å². The fourth-order valence-electron chi connectivity index (χ4n) is 6.37. The molecule has 7 rings (SSSR count). The Morgan fingerprint density at radius 3 is 2.53 bits per heavy atom. The molecule has 1 aromatic heterocycles. The molecular weight excluding hydrogens is 483 g/mol. The highest BCUT2D eigenvalue weighted by Crippen LogP contribution is 2.42. The summed E-state index contributed by atoms with van der Waals surface area (Å²) in [6.07, 6.45) is 5.10. The Labute approximate surface area is 220 Å². The third kappa shape index (κ3) is 3.94. The molecule has 7 nitrogen and oxygen atoms in total. The lowest BCUT2D eigenvalue weighted by atomic mass is 9.70. The smallest absolute Gasteiger partial charge is 0.319 e. The van der Waals surface area contributed by atoms with Crippen molar-refractivity contribution >= 4 is 27.5 Å². The molecule has 2 atom stereocenters. The summed E-state index contributed by atoms with van der Waals surface area (Å²) in [5, 5.41) is 26.3. The number of ether oxygens (including phenoxy) is 1. The van der Waals surface area contributed by atoms with Crippen LogP contribution in [0.3, 0.4) is 0 Å². The van der Waals surface area contributed by atoms with Crippen molar-refractivity contribution in [3.63, 3.8) is 0 Å². The first-order valence-corrected chi connectivity index (χ1v) is 13.5. The molecule has 196 valence electrons. The number of aromatic nitrogens is 2. The van der Waals surface area contributed by atoms with Crippen LogP contribution in [0.4, 0.5) is 10.2 Å². The van der Waals surface area contributed by atoms with Gasteiger partial charge < -0.3 is 25.2 Å². The van der Waals surface area contributed by atoms with Gasteiger partial charge in [0.15, 0.2) is 5.82 Å². The molecule has 1 saturated carbocycles. The summed E-state index contributed by atoms with van der Waals surface area (Å²) in [5.41, 5.74) is 0.906. The van der Waals surface area contributed by atoms with Gasteiger partial charge in [-0.15, -0.1) is 0 Å². The van der Waals surface area contributed by atoms with Crippen LogP contribution < -0.4 is 15.0 Å². The van der Waals surface area contributed by atoms with E-state index >= 15 is 4.39 Å². The van der Waals surface area contributed by atoms with Gasteiger partial charge in [0, 0.05) is 41.5 Å². The maximum Gasteiger partial charge on any atom is 0.319 e. The number of hydrogen-bond acceptors (Lipinski definition) is 7. The van der Waals surface area contributed by atoms with Gasteiger partial charge in [-0.05, 0) is 60.2 Å². The molecule has 2 aliphatic heterocycles. The van der Waals surface area contributed by atoms with Gasteiger partial charge in [-0.3, -0.25) is 0 Å². The molecule has 38 heavy (non-hydrogen) atoms. The first-order valence-electron chi connectivity index (χ1n) is 13.5. The van der Waals surface area contributed by atoms with Gasteiger partial charge in [-0.1, -0.05) is 36.8 Å². The number of nitrogens with one attached hydrogen (secondary N) is 1. The van der Waals surface area contributed by atoms with Gasteiger partial charge in [0.05, 0.1) is 13.2 Å². The number of hydrogen-bond donors (Lipinski definition) is 3. The van der Waals surface area contributed by atoms with Crippen LogP contribution in [0.15, 0.2) is 48.5 Å². The van der Waals surface area contributed by atoms with Crippen LogP contribution in [0.1, 0.15) is 32.1 Å². The zero-order valence-corrected chi connectivity index (χ0v) is 21.2. The Kier molecular flexibility index (Phi) is 5.63. The molecule has 3 fully saturated rings. The van der Waals surface area contributed by atoms with Gasteiger partial charge in [0.25, 0.3) is 0 Å². The number of aliphatic hydroxyl groups excluding tert-OH is 1. The van der Waals surface area contributed by atoms with Crippen molar-refractivity contribution in [2.24, 2.45) is 5.41 Å². The topological polar surface area (TPSA) is 90.7 Å². The third-order valence-corrected chi connectivity index (χ3v) is 8.68. The maximum atomic E-state index is 16.4. The van der Waals surface area contributed by atoms with E-state index in [-0.39, 0.29) is 29.3 Å². The first kappa shape index (κ1) is 23.6. The van der Waals surface area contributed by atoms with Crippen LogP contribution in [0.2, 0.25) is 0 Å². The summed E-state index contributed by atoms with van der Waals surface area (Å²) < 4.78 is 22.5. The molecule has 2 bridgehead atoms. The minimum atomic E-state index is -0.467. The number of phenolic OH excluding ortho intramolecular Hbond substituents is 1. The normalized spacial score (nSPS) is 22.1. The maximum absolute atomic E-state index is 16.4. The van der Waals surface area contributed by atoms with Crippen molar-refractivity contribution in [2.45, 2.75) is 44.2 Å². The number of halogens is 1. The van der Waals surface area contributed by atoms with Gasteiger partial charge in [0.2, 0.25) is 0 Å². The molecule has 8 heteroatoms. The quantitative estimate of drug-likeness (QED) is 0.341. The van der Waals surface area contributed by atoms with Crippen LogP contribution in [0.25, 0.3) is 32.8 Å². The fourth-order valence-corrected chi connectivity index (χ4v) is 6.37. The number of aliphatic hydroxyl groups is 1. The third-order valence-electron chi connectivity index (χ3n) is 8.68. The van der Waals surface area contributed by atoms with Crippen molar-refractivity contribution in [3.05, 3.63) is 54.3 Å². The van der Waals surface area contributed by atoms with Crippen molar-refractivity contribution in [3.8, 4) is 22.9 Å². The summed E-state index contributed by atoms with van der Waals surface area (Å²) in [5.74, 6) is 0.295. The van der Waals surface area contributed by atoms with Crippen LogP contribution in [0, 0.1) is 11.2 Å². The zero-order chi connectivity index (χ0) is 25.9. The Bertz CT molecular complexity index is 1520. The number of piperazine rings is 1. The second-order valence-electron chi connectivity index (χ2n) is 11.2. The number of nitrogens with zero attached hydrogens (tertiary/aromatic N) is 3. The standard InChI is InChI=1S/C30H31FN4O3/c31-26-23(25-13-21(37)12-18-4-1-2-5-22(18)25)8-9-24-27(26)33-29(38-17-30(16-36)10-3-11-30)34-28(24)35-14-19-6-7-20(15-35)32-19/h1-2,4-5,8-9,12-13,19-20,32,36-37H,3,6-7,10-11,14-17H2. The minimum absolute atomic E-state index is 0.0533. The Balaban J connectivity index is 1.37. The Morgan fingerprint density at radius 1 is 1.00 bits per heavy atom. The van der Waals surface area contributed by atoms with E-state index in [0.717, 1.165) is 56.0 Å². The summed E-state index contributed by atoms with van der Waals surface area (Å²) in [7, 11) is 0. The van der Waals surface area contributed by atoms with Crippen LogP contribution in [-0.2, 0) is 0 Å². The van der Waals surface area contributed by atoms with E-state index in [0.29, 0.717) is 41.0 Å². The summed E-state index contributed by atoms with van der Waals surface area (Å²) >= 11 is 0. The van der Waals surface area contributed by atoms with Crippen molar-refractivity contribution < 1.29 is 19.3 Å². The minimum Gasteiger partial charge on any atom is -0.508 e. The van der Waals surface area contributed by atoms with E-state index in [2.05, 4.69) is 15.2 Å². The molecule has 3 aliphatic rings. The van der Waals surface area contributed by atoms with E-state index in [9.17, 15) is 10.2 Å². The molecule has 0 spiro atoms. The zero-order valence-electron chi connectivity index (χ0n) is 21.2. The van der Waals surface area contributed by atoms with Crippen molar-refractivity contribution in [2.75, 3.05) is 31.2 Å². The SMILES string of the molecule is OCC1(COc2nc(N3CC4CCC(C3)N4)c3ccc(-c4cc(O)cc5ccccc45)c(F)c3n2)CCC1. The van der Waals surface area contributed by atoms with Crippen LogP contribution in [0.5, 0.6) is 11.8 Å². The molecule has 3 heterocycles. The van der Waals surface area contributed by atoms with Crippen LogP contribution >= 0.6 is 0 Å². The summed E-state index contributed by atoms with van der Waals surface area (Å²) in [6, 6.07) is 15.5. The molecule has 0 amide bonds. The second-order valence-corrected chi connectivity index (χ2v) is 11.2. The molecule has 4 aromatic rings. The van der Waals surface area contributed by atoms with Crippen molar-refractivity contribution in [1.29, 1.82) is 0 Å². The van der Waals surface area contributed by atoms with Crippen LogP contribution in [-0.4, -0.2) is 58.6 Å². The van der Waals surface area contributed by atoms with E-state index in [1.807, 2.05) is 30.3 Å². The number of aromatic hydroxyl groups is 1. The molecule has 1 aliphatic carbocycles. The van der Waals surface area contributed by atoms with E-state index in [1.54, 1.807) is 18.2 Å². The average molecular weight is 515 g/mol. The molecule has 0 radical (unpaired) electrons. The molecule has 2 saturated heterocycles. The Hall–Kier alpha value is -3.49. The molecule has 3 aromatic carbocycles. The lowest BCUT2D eigenvalue weighted by Gasteiger charge is -2.39.